The SMILES string of the molecule is CCCC(NC(C)COC)c1cccc([N+](=O)[O-])c1. The fraction of sp³-hybridized carbons (Fsp3) is 0.571. The lowest BCUT2D eigenvalue weighted by molar-refractivity contribution is -0.384. The van der Waals surface area contributed by atoms with Gasteiger partial charge in [0.2, 0.25) is 0 Å². The van der Waals surface area contributed by atoms with Gasteiger partial charge in [0.15, 0.2) is 0 Å². The van der Waals surface area contributed by atoms with Crippen molar-refractivity contribution in [3.05, 3.63) is 39.9 Å². The third kappa shape index (κ3) is 4.96. The van der Waals surface area contributed by atoms with Gasteiger partial charge in [-0.05, 0) is 18.9 Å². The van der Waals surface area contributed by atoms with E-state index in [4.69, 9.17) is 4.74 Å². The molecule has 0 aliphatic rings. The lowest BCUT2D eigenvalue weighted by Gasteiger charge is -2.23. The summed E-state index contributed by atoms with van der Waals surface area (Å²) in [4.78, 5) is 10.5. The van der Waals surface area contributed by atoms with Crippen LogP contribution in [0, 0.1) is 10.1 Å². The zero-order valence-electron chi connectivity index (χ0n) is 11.8. The number of non-ortho nitro benzene ring substituents is 1. The summed E-state index contributed by atoms with van der Waals surface area (Å²) in [6.07, 6.45) is 1.95. The van der Waals surface area contributed by atoms with Gasteiger partial charge in [-0.15, -0.1) is 0 Å². The maximum Gasteiger partial charge on any atom is 0.269 e. The largest absolute Gasteiger partial charge is 0.383 e. The van der Waals surface area contributed by atoms with Gasteiger partial charge in [0.05, 0.1) is 11.5 Å². The number of nitro groups is 1. The molecule has 2 atom stereocenters. The fourth-order valence-corrected chi connectivity index (χ4v) is 2.13. The zero-order chi connectivity index (χ0) is 14.3. The second kappa shape index (κ2) is 7.86. The minimum atomic E-state index is -0.356. The second-order valence-electron chi connectivity index (χ2n) is 4.72. The van der Waals surface area contributed by atoms with E-state index in [0.29, 0.717) is 6.61 Å². The highest BCUT2D eigenvalue weighted by Crippen LogP contribution is 2.23. The summed E-state index contributed by atoms with van der Waals surface area (Å²) in [6, 6.07) is 7.16. The van der Waals surface area contributed by atoms with E-state index in [1.807, 2.05) is 13.0 Å². The Morgan fingerprint density at radius 3 is 2.79 bits per heavy atom. The third-order valence-corrected chi connectivity index (χ3v) is 2.96. The van der Waals surface area contributed by atoms with Crippen molar-refractivity contribution in [3.8, 4) is 0 Å². The summed E-state index contributed by atoms with van der Waals surface area (Å²) in [5, 5.41) is 14.3. The Labute approximate surface area is 114 Å². The molecule has 0 bridgehead atoms. The Morgan fingerprint density at radius 1 is 1.47 bits per heavy atom. The molecular formula is C14H22N2O3. The minimum Gasteiger partial charge on any atom is -0.383 e. The number of nitrogens with one attached hydrogen (secondary N) is 1. The molecule has 0 saturated heterocycles. The maximum atomic E-state index is 10.8. The topological polar surface area (TPSA) is 64.4 Å². The quantitative estimate of drug-likeness (QED) is 0.580. The van der Waals surface area contributed by atoms with E-state index >= 15 is 0 Å². The van der Waals surface area contributed by atoms with Gasteiger partial charge in [-0.3, -0.25) is 10.1 Å². The van der Waals surface area contributed by atoms with Crippen LogP contribution in [0.1, 0.15) is 38.3 Å². The number of ether oxygens (including phenoxy) is 1. The normalized spacial score (nSPS) is 14.1. The van der Waals surface area contributed by atoms with Crippen molar-refractivity contribution < 1.29 is 9.66 Å². The average molecular weight is 266 g/mol. The van der Waals surface area contributed by atoms with E-state index in [1.54, 1.807) is 19.2 Å². The molecule has 0 fully saturated rings. The van der Waals surface area contributed by atoms with Crippen molar-refractivity contribution >= 4 is 5.69 Å². The molecule has 0 aliphatic heterocycles. The van der Waals surface area contributed by atoms with Crippen LogP contribution in [0.2, 0.25) is 0 Å². The van der Waals surface area contributed by atoms with E-state index in [1.165, 1.54) is 6.07 Å². The Bertz CT molecular complexity index is 409. The number of nitrogens with zero attached hydrogens (tertiary/aromatic N) is 1. The highest BCUT2D eigenvalue weighted by molar-refractivity contribution is 5.35. The first-order valence-electron chi connectivity index (χ1n) is 6.57. The van der Waals surface area contributed by atoms with E-state index in [0.717, 1.165) is 18.4 Å². The van der Waals surface area contributed by atoms with Gasteiger partial charge in [-0.1, -0.05) is 25.5 Å². The fourth-order valence-electron chi connectivity index (χ4n) is 2.13. The number of nitro benzene ring substituents is 1. The highest BCUT2D eigenvalue weighted by Gasteiger charge is 2.16. The van der Waals surface area contributed by atoms with Crippen molar-refractivity contribution in [1.29, 1.82) is 0 Å². The zero-order valence-corrected chi connectivity index (χ0v) is 11.8. The first kappa shape index (κ1) is 15.6. The monoisotopic (exact) mass is 266 g/mol. The van der Waals surface area contributed by atoms with E-state index in [-0.39, 0.29) is 22.7 Å². The number of methoxy groups -OCH3 is 1. The van der Waals surface area contributed by atoms with Crippen LogP contribution in [0.25, 0.3) is 0 Å². The summed E-state index contributed by atoms with van der Waals surface area (Å²) in [5.74, 6) is 0. The Morgan fingerprint density at radius 2 is 2.21 bits per heavy atom. The van der Waals surface area contributed by atoms with Gasteiger partial charge in [0.25, 0.3) is 5.69 Å². The number of benzene rings is 1. The lowest BCUT2D eigenvalue weighted by atomic mass is 10.0. The Hall–Kier alpha value is -1.46. The Kier molecular flexibility index (Phi) is 6.45. The number of hydrogen-bond acceptors (Lipinski definition) is 4. The van der Waals surface area contributed by atoms with Gasteiger partial charge in [-0.2, -0.15) is 0 Å². The molecule has 0 aromatic heterocycles. The molecule has 0 heterocycles. The first-order chi connectivity index (χ1) is 9.08. The molecule has 1 aromatic carbocycles. The van der Waals surface area contributed by atoms with Crippen molar-refractivity contribution in [2.75, 3.05) is 13.7 Å². The highest BCUT2D eigenvalue weighted by atomic mass is 16.6. The first-order valence-corrected chi connectivity index (χ1v) is 6.57. The van der Waals surface area contributed by atoms with Crippen LogP contribution in [-0.2, 0) is 4.74 Å². The summed E-state index contributed by atoms with van der Waals surface area (Å²) in [6.45, 7) is 4.77. The molecule has 5 heteroatoms. The van der Waals surface area contributed by atoms with Crippen molar-refractivity contribution in [2.45, 2.75) is 38.8 Å². The van der Waals surface area contributed by atoms with E-state index < -0.39 is 0 Å². The van der Waals surface area contributed by atoms with Crippen LogP contribution < -0.4 is 5.32 Å². The molecule has 2 unspecified atom stereocenters. The predicted octanol–water partition coefficient (Wildman–Crippen LogP) is 3.06. The molecule has 0 radical (unpaired) electrons. The molecule has 0 aliphatic carbocycles. The summed E-state index contributed by atoms with van der Waals surface area (Å²) < 4.78 is 5.11. The van der Waals surface area contributed by atoms with Crippen LogP contribution in [0.4, 0.5) is 5.69 Å². The van der Waals surface area contributed by atoms with Crippen LogP contribution in [0.15, 0.2) is 24.3 Å². The summed E-state index contributed by atoms with van der Waals surface area (Å²) >= 11 is 0. The average Bonchev–Trinajstić information content (AvgIpc) is 2.38. The molecule has 0 saturated carbocycles. The maximum absolute atomic E-state index is 10.8. The lowest BCUT2D eigenvalue weighted by Crippen LogP contribution is -2.33. The molecule has 0 spiro atoms. The van der Waals surface area contributed by atoms with Gasteiger partial charge in [0.1, 0.15) is 0 Å². The van der Waals surface area contributed by atoms with Gasteiger partial charge >= 0.3 is 0 Å². The number of rotatable bonds is 8. The molecule has 0 amide bonds. The van der Waals surface area contributed by atoms with Gasteiger partial charge in [-0.25, -0.2) is 0 Å². The van der Waals surface area contributed by atoms with Gasteiger partial charge in [0, 0.05) is 31.3 Å². The van der Waals surface area contributed by atoms with Crippen molar-refractivity contribution in [3.63, 3.8) is 0 Å². The molecule has 5 nitrogen and oxygen atoms in total. The van der Waals surface area contributed by atoms with Crippen molar-refractivity contribution in [1.82, 2.24) is 5.32 Å². The standard InChI is InChI=1S/C14H22N2O3/c1-4-6-14(15-11(2)10-19-3)12-7-5-8-13(9-12)16(17)18/h5,7-9,11,14-15H,4,6,10H2,1-3H3. The van der Waals surface area contributed by atoms with E-state index in [9.17, 15) is 10.1 Å². The van der Waals surface area contributed by atoms with Crippen LogP contribution >= 0.6 is 0 Å². The second-order valence-corrected chi connectivity index (χ2v) is 4.72. The molecule has 1 aromatic rings. The molecule has 1 rings (SSSR count). The molecule has 106 valence electrons. The van der Waals surface area contributed by atoms with Crippen molar-refractivity contribution in [2.24, 2.45) is 0 Å². The third-order valence-electron chi connectivity index (χ3n) is 2.96. The van der Waals surface area contributed by atoms with Crippen LogP contribution in [0.5, 0.6) is 0 Å². The number of hydrogen-bond donors (Lipinski definition) is 1. The molecule has 1 N–H and O–H groups in total. The van der Waals surface area contributed by atoms with Crippen LogP contribution in [-0.4, -0.2) is 24.7 Å². The Balaban J connectivity index is 2.85. The predicted molar refractivity (Wildman–Crippen MR) is 75.2 cm³/mol. The smallest absolute Gasteiger partial charge is 0.269 e. The van der Waals surface area contributed by atoms with E-state index in [2.05, 4.69) is 12.2 Å². The minimum absolute atomic E-state index is 0.120. The summed E-state index contributed by atoms with van der Waals surface area (Å²) in [5.41, 5.74) is 1.10. The molecule has 19 heavy (non-hydrogen) atoms. The van der Waals surface area contributed by atoms with Gasteiger partial charge < -0.3 is 10.1 Å². The van der Waals surface area contributed by atoms with Crippen LogP contribution in [0.3, 0.4) is 0 Å². The summed E-state index contributed by atoms with van der Waals surface area (Å²) in [7, 11) is 1.67. The molecular weight excluding hydrogens is 244 g/mol.